The number of carboxylic acid groups (broad SMARTS) is 1. The van der Waals surface area contributed by atoms with Crippen molar-refractivity contribution < 1.29 is 32.3 Å². The van der Waals surface area contributed by atoms with Gasteiger partial charge in [-0.05, 0) is 11.6 Å². The second-order valence-electron chi connectivity index (χ2n) is 3.66. The van der Waals surface area contributed by atoms with Crippen molar-refractivity contribution in [1.29, 1.82) is 0 Å². The van der Waals surface area contributed by atoms with Crippen molar-refractivity contribution in [3.8, 4) is 0 Å². The van der Waals surface area contributed by atoms with Crippen molar-refractivity contribution in [2.24, 2.45) is 0 Å². The molecule has 0 aliphatic heterocycles. The summed E-state index contributed by atoms with van der Waals surface area (Å²) >= 11 is 0. The van der Waals surface area contributed by atoms with Crippen LogP contribution in [0.25, 0.3) is 0 Å². The number of halogens is 4. The third kappa shape index (κ3) is 4.23. The molecule has 0 unspecified atom stereocenters. The van der Waals surface area contributed by atoms with E-state index < -0.39 is 36.3 Å². The number of hydrogen-bond acceptors (Lipinski definition) is 2. The van der Waals surface area contributed by atoms with Gasteiger partial charge in [0.15, 0.2) is 0 Å². The van der Waals surface area contributed by atoms with Crippen molar-refractivity contribution in [2.75, 3.05) is 0 Å². The summed E-state index contributed by atoms with van der Waals surface area (Å²) in [5, 5.41) is 10.0. The molecule has 0 aliphatic carbocycles. The van der Waals surface area contributed by atoms with E-state index in [-0.39, 0.29) is 5.56 Å². The quantitative estimate of drug-likeness (QED) is 0.821. The highest BCUT2D eigenvalue weighted by molar-refractivity contribution is 5.87. The Hall–Kier alpha value is -2.12. The first-order valence-electron chi connectivity index (χ1n) is 5.05. The van der Waals surface area contributed by atoms with Crippen LogP contribution in [0.3, 0.4) is 0 Å². The van der Waals surface area contributed by atoms with Crippen LogP contribution in [0.2, 0.25) is 0 Å². The van der Waals surface area contributed by atoms with Crippen LogP contribution in [0.1, 0.15) is 5.56 Å². The van der Waals surface area contributed by atoms with E-state index in [0.29, 0.717) is 0 Å². The van der Waals surface area contributed by atoms with E-state index in [4.69, 9.17) is 5.11 Å². The third-order valence-electron chi connectivity index (χ3n) is 2.24. The van der Waals surface area contributed by atoms with Gasteiger partial charge in [-0.25, -0.2) is 9.18 Å². The third-order valence-corrected chi connectivity index (χ3v) is 2.24. The van der Waals surface area contributed by atoms with Gasteiger partial charge in [-0.1, -0.05) is 18.2 Å². The van der Waals surface area contributed by atoms with E-state index in [1.54, 1.807) is 0 Å². The number of carbonyl (C=O) groups excluding carboxylic acids is 1. The molecule has 8 heteroatoms. The molecule has 2 N–H and O–H groups in total. The molecule has 1 aromatic rings. The number of alkyl halides is 3. The first-order chi connectivity index (χ1) is 8.71. The van der Waals surface area contributed by atoms with Crippen LogP contribution in [-0.4, -0.2) is 29.2 Å². The van der Waals surface area contributed by atoms with E-state index in [1.807, 2.05) is 0 Å². The van der Waals surface area contributed by atoms with Gasteiger partial charge in [0, 0.05) is 6.42 Å². The summed E-state index contributed by atoms with van der Waals surface area (Å²) < 4.78 is 49.3. The van der Waals surface area contributed by atoms with E-state index in [0.717, 1.165) is 6.07 Å². The molecule has 0 heterocycles. The molecule has 1 atom stereocenters. The molecule has 1 amide bonds. The summed E-state index contributed by atoms with van der Waals surface area (Å²) in [7, 11) is 0. The van der Waals surface area contributed by atoms with Gasteiger partial charge < -0.3 is 10.4 Å². The molecule has 1 aromatic carbocycles. The molecule has 0 aliphatic rings. The molecular weight excluding hydrogens is 270 g/mol. The molecule has 0 aromatic heterocycles. The van der Waals surface area contributed by atoms with Crippen molar-refractivity contribution in [3.63, 3.8) is 0 Å². The summed E-state index contributed by atoms with van der Waals surface area (Å²) in [5.41, 5.74) is -0.0997. The Balaban J connectivity index is 2.83. The van der Waals surface area contributed by atoms with Crippen LogP contribution < -0.4 is 5.32 Å². The molecule has 0 saturated heterocycles. The highest BCUT2D eigenvalue weighted by Gasteiger charge is 2.40. The highest BCUT2D eigenvalue weighted by atomic mass is 19.4. The molecule has 0 radical (unpaired) electrons. The Labute approximate surface area is 105 Å². The van der Waals surface area contributed by atoms with Crippen molar-refractivity contribution >= 4 is 11.9 Å². The average Bonchev–Trinajstić information content (AvgIpc) is 2.29. The Morgan fingerprint density at radius 2 is 1.84 bits per heavy atom. The second kappa shape index (κ2) is 5.68. The first-order valence-corrected chi connectivity index (χ1v) is 5.05. The number of hydrogen-bond donors (Lipinski definition) is 2. The minimum absolute atomic E-state index is 0.0997. The molecule has 4 nitrogen and oxygen atoms in total. The number of carboxylic acids is 1. The largest absolute Gasteiger partial charge is 0.480 e. The average molecular weight is 279 g/mol. The van der Waals surface area contributed by atoms with Crippen LogP contribution in [0, 0.1) is 5.82 Å². The number of amides is 1. The van der Waals surface area contributed by atoms with Gasteiger partial charge >= 0.3 is 18.1 Å². The summed E-state index contributed by atoms with van der Waals surface area (Å²) in [5.74, 6) is -4.81. The second-order valence-corrected chi connectivity index (χ2v) is 3.66. The van der Waals surface area contributed by atoms with Gasteiger partial charge in [0.2, 0.25) is 0 Å². The lowest BCUT2D eigenvalue weighted by Crippen LogP contribution is -2.48. The zero-order valence-electron chi connectivity index (χ0n) is 9.37. The van der Waals surface area contributed by atoms with Gasteiger partial charge in [0.25, 0.3) is 0 Å². The normalized spacial score (nSPS) is 12.8. The Bertz CT molecular complexity index is 487. The number of aliphatic carboxylic acids is 1. The highest BCUT2D eigenvalue weighted by Crippen LogP contribution is 2.16. The summed E-state index contributed by atoms with van der Waals surface area (Å²) in [6.45, 7) is 0. The molecule has 1 rings (SSSR count). The van der Waals surface area contributed by atoms with Crippen molar-refractivity contribution in [3.05, 3.63) is 35.6 Å². The lowest BCUT2D eigenvalue weighted by atomic mass is 10.1. The molecule has 0 bridgehead atoms. The maximum absolute atomic E-state index is 13.3. The zero-order chi connectivity index (χ0) is 14.6. The summed E-state index contributed by atoms with van der Waals surface area (Å²) in [4.78, 5) is 21.4. The lowest BCUT2D eigenvalue weighted by molar-refractivity contribution is -0.175. The molecule has 0 fully saturated rings. The maximum Gasteiger partial charge on any atom is 0.471 e. The number of carbonyl (C=O) groups is 2. The fraction of sp³-hybridized carbons (Fsp3) is 0.273. The Kier molecular flexibility index (Phi) is 4.47. The van der Waals surface area contributed by atoms with E-state index in [2.05, 4.69) is 0 Å². The molecule has 19 heavy (non-hydrogen) atoms. The Morgan fingerprint density at radius 3 is 2.32 bits per heavy atom. The molecule has 0 spiro atoms. The standard InChI is InChI=1S/C11H9F4NO3/c12-7-4-2-1-3-6(7)5-8(9(17)18)16-10(19)11(13,14)15/h1-4,8H,5H2,(H,16,19)(H,17,18)/t8-/m1/s1. The SMILES string of the molecule is O=C(O)[C@@H](Cc1ccccc1F)NC(=O)C(F)(F)F. The van der Waals surface area contributed by atoms with E-state index >= 15 is 0 Å². The summed E-state index contributed by atoms with van der Waals surface area (Å²) in [6, 6.07) is 3.17. The van der Waals surface area contributed by atoms with Crippen LogP contribution >= 0.6 is 0 Å². The molecule has 0 saturated carbocycles. The predicted octanol–water partition coefficient (Wildman–Crippen LogP) is 1.50. The fourth-order valence-corrected chi connectivity index (χ4v) is 1.32. The monoisotopic (exact) mass is 279 g/mol. The first kappa shape index (κ1) is 14.9. The molecular formula is C11H9F4NO3. The van der Waals surface area contributed by atoms with Crippen LogP contribution in [0.15, 0.2) is 24.3 Å². The van der Waals surface area contributed by atoms with Gasteiger partial charge in [0.1, 0.15) is 11.9 Å². The smallest absolute Gasteiger partial charge is 0.471 e. The van der Waals surface area contributed by atoms with Gasteiger partial charge in [-0.2, -0.15) is 13.2 Å². The minimum Gasteiger partial charge on any atom is -0.480 e. The van der Waals surface area contributed by atoms with Gasteiger partial charge in [-0.3, -0.25) is 4.79 Å². The Morgan fingerprint density at radius 1 is 1.26 bits per heavy atom. The lowest BCUT2D eigenvalue weighted by Gasteiger charge is -2.16. The van der Waals surface area contributed by atoms with E-state index in [1.165, 1.54) is 23.5 Å². The fourth-order valence-electron chi connectivity index (χ4n) is 1.32. The zero-order valence-corrected chi connectivity index (χ0v) is 9.37. The van der Waals surface area contributed by atoms with Crippen molar-refractivity contribution in [2.45, 2.75) is 18.6 Å². The van der Waals surface area contributed by atoms with Gasteiger partial charge in [-0.15, -0.1) is 0 Å². The van der Waals surface area contributed by atoms with Crippen LogP contribution in [-0.2, 0) is 16.0 Å². The number of benzene rings is 1. The maximum atomic E-state index is 13.3. The number of nitrogens with one attached hydrogen (secondary N) is 1. The predicted molar refractivity (Wildman–Crippen MR) is 55.7 cm³/mol. The summed E-state index contributed by atoms with van der Waals surface area (Å²) in [6.07, 6.45) is -5.77. The van der Waals surface area contributed by atoms with Crippen LogP contribution in [0.5, 0.6) is 0 Å². The molecule has 104 valence electrons. The number of rotatable bonds is 4. The van der Waals surface area contributed by atoms with Crippen LogP contribution in [0.4, 0.5) is 17.6 Å². The van der Waals surface area contributed by atoms with Crippen molar-refractivity contribution in [1.82, 2.24) is 5.32 Å². The van der Waals surface area contributed by atoms with E-state index in [9.17, 15) is 27.2 Å². The minimum atomic E-state index is -5.19. The van der Waals surface area contributed by atoms with Gasteiger partial charge in [0.05, 0.1) is 0 Å². The topological polar surface area (TPSA) is 66.4 Å².